The summed E-state index contributed by atoms with van der Waals surface area (Å²) in [4.78, 5) is 7.30. The Kier molecular flexibility index (Phi) is 2.44. The summed E-state index contributed by atoms with van der Waals surface area (Å²) in [5.74, 6) is 2.70. The first-order valence-electron chi connectivity index (χ1n) is 4.66. The van der Waals surface area contributed by atoms with Crippen molar-refractivity contribution in [3.63, 3.8) is 0 Å². The van der Waals surface area contributed by atoms with Crippen molar-refractivity contribution in [3.05, 3.63) is 36.0 Å². The zero-order chi connectivity index (χ0) is 11.5. The van der Waals surface area contributed by atoms with Crippen LogP contribution in [0.3, 0.4) is 0 Å². The molecule has 4 N–H and O–H groups in total. The Hall–Kier alpha value is -2.54. The van der Waals surface area contributed by atoms with Gasteiger partial charge in [0.15, 0.2) is 0 Å². The molecule has 0 radical (unpaired) electrons. The molecule has 0 aliphatic heterocycles. The average Bonchev–Trinajstić information content (AvgIpc) is 2.87. The van der Waals surface area contributed by atoms with Crippen LogP contribution in [0.1, 0.15) is 5.56 Å². The van der Waals surface area contributed by atoms with Gasteiger partial charge in [-0.05, 0) is 17.2 Å². The molecule has 2 aliphatic carbocycles. The highest BCUT2D eigenvalue weighted by molar-refractivity contribution is 5.80. The summed E-state index contributed by atoms with van der Waals surface area (Å²) in [6, 6.07) is 8.48. The van der Waals surface area contributed by atoms with Gasteiger partial charge in [0.1, 0.15) is 5.82 Å². The molecule has 0 fully saturated rings. The van der Waals surface area contributed by atoms with Crippen LogP contribution in [-0.2, 0) is 0 Å². The number of anilines is 2. The number of hydrogen-bond acceptors (Lipinski definition) is 4. The minimum atomic E-state index is 0.136. The fraction of sp³-hybridized carbons (Fsp3) is 0. The van der Waals surface area contributed by atoms with Crippen LogP contribution in [0.4, 0.5) is 11.8 Å². The number of hydrogen-bond donors (Lipinski definition) is 2. The van der Waals surface area contributed by atoms with E-state index in [1.807, 2.05) is 0 Å². The molecule has 4 heteroatoms. The van der Waals surface area contributed by atoms with E-state index in [2.05, 4.69) is 40.2 Å². The second-order valence-electron chi connectivity index (χ2n) is 3.25. The summed E-state index contributed by atoms with van der Waals surface area (Å²) in [6.45, 7) is 0. The lowest BCUT2D eigenvalue weighted by atomic mass is 10.3. The van der Waals surface area contributed by atoms with Crippen LogP contribution in [0.25, 0.3) is 11.1 Å². The van der Waals surface area contributed by atoms with Gasteiger partial charge in [0, 0.05) is 0 Å². The van der Waals surface area contributed by atoms with E-state index in [9.17, 15) is 0 Å². The molecule has 0 bridgehead atoms. The van der Waals surface area contributed by atoms with Crippen molar-refractivity contribution in [3.8, 4) is 23.5 Å². The quantitative estimate of drug-likeness (QED) is 0.548. The molecule has 1 heterocycles. The molecule has 0 amide bonds. The van der Waals surface area contributed by atoms with E-state index in [4.69, 9.17) is 17.9 Å². The predicted octanol–water partition coefficient (Wildman–Crippen LogP) is 1.29. The number of benzene rings is 1. The van der Waals surface area contributed by atoms with Gasteiger partial charge >= 0.3 is 0 Å². The molecular formula is C12H10N4. The number of nitrogens with zero attached hydrogens (tertiary/aromatic N) is 2. The maximum absolute atomic E-state index is 5.36. The number of aromatic nitrogens is 2. The Morgan fingerprint density at radius 1 is 1.19 bits per heavy atom. The molecule has 1 aromatic rings. The van der Waals surface area contributed by atoms with Crippen molar-refractivity contribution >= 4 is 11.8 Å². The first-order valence-corrected chi connectivity index (χ1v) is 4.66. The first-order chi connectivity index (χ1) is 7.70. The standard InChI is InChI=1S/C6H6N4.C6H4/c1-2-4-3-9-6(8)10-5(4)7;1-2-5-4-6(5)3-1/h1,3H,(H4,7,8,9,10);1-4H. The maximum atomic E-state index is 5.36. The van der Waals surface area contributed by atoms with Gasteiger partial charge < -0.3 is 11.5 Å². The number of fused-ring (bicyclic) bond motifs is 1. The van der Waals surface area contributed by atoms with E-state index in [1.54, 1.807) is 0 Å². The SMILES string of the molecule is C#Cc1cnc(N)nc1N.c1cc2cc-2c1. The van der Waals surface area contributed by atoms with Gasteiger partial charge in [-0.1, -0.05) is 24.1 Å². The number of nitrogens with two attached hydrogens (primary N) is 2. The predicted molar refractivity (Wildman–Crippen MR) is 64.2 cm³/mol. The van der Waals surface area contributed by atoms with Crippen LogP contribution in [0.15, 0.2) is 30.5 Å². The lowest BCUT2D eigenvalue weighted by Crippen LogP contribution is -2.00. The molecule has 0 unspecified atom stereocenters. The van der Waals surface area contributed by atoms with Gasteiger partial charge in [-0.2, -0.15) is 4.98 Å². The molecule has 0 saturated heterocycles. The fourth-order valence-electron chi connectivity index (χ4n) is 1.20. The molecule has 0 spiro atoms. The van der Waals surface area contributed by atoms with E-state index in [0.717, 1.165) is 0 Å². The van der Waals surface area contributed by atoms with Crippen molar-refractivity contribution in [2.24, 2.45) is 0 Å². The third-order valence-corrected chi connectivity index (χ3v) is 2.10. The van der Waals surface area contributed by atoms with Gasteiger partial charge in [-0.25, -0.2) is 4.98 Å². The normalized spacial score (nSPS) is 9.69. The summed E-state index contributed by atoms with van der Waals surface area (Å²) >= 11 is 0. The van der Waals surface area contributed by atoms with Crippen LogP contribution in [0.2, 0.25) is 0 Å². The molecule has 1 aromatic heterocycles. The average molecular weight is 210 g/mol. The Balaban J connectivity index is 0.000000134. The molecule has 16 heavy (non-hydrogen) atoms. The highest BCUT2D eigenvalue weighted by Gasteiger charge is 2.06. The summed E-state index contributed by atoms with van der Waals surface area (Å²) < 4.78 is 0. The summed E-state index contributed by atoms with van der Waals surface area (Å²) in [5.41, 5.74) is 13.9. The Labute approximate surface area is 93.3 Å². The summed E-state index contributed by atoms with van der Waals surface area (Å²) in [5, 5.41) is 0. The van der Waals surface area contributed by atoms with Crippen molar-refractivity contribution in [2.75, 3.05) is 11.5 Å². The molecule has 78 valence electrons. The lowest BCUT2D eigenvalue weighted by molar-refractivity contribution is 1.18. The second-order valence-corrected chi connectivity index (χ2v) is 3.25. The molecule has 0 atom stereocenters. The number of nitrogen functional groups attached to an aromatic ring is 2. The second kappa shape index (κ2) is 3.91. The minimum absolute atomic E-state index is 0.136. The van der Waals surface area contributed by atoms with Crippen LogP contribution < -0.4 is 11.5 Å². The number of terminal acetylenes is 1. The van der Waals surface area contributed by atoms with Gasteiger partial charge in [-0.3, -0.25) is 0 Å². The van der Waals surface area contributed by atoms with E-state index in [0.29, 0.717) is 5.56 Å². The smallest absolute Gasteiger partial charge is 0.221 e. The first kappa shape index (κ1) is 9.99. The van der Waals surface area contributed by atoms with Crippen molar-refractivity contribution in [2.45, 2.75) is 0 Å². The fourth-order valence-corrected chi connectivity index (χ4v) is 1.20. The Bertz CT molecular complexity index is 552. The monoisotopic (exact) mass is 210 g/mol. The van der Waals surface area contributed by atoms with Gasteiger partial charge in [0.25, 0.3) is 0 Å². The maximum Gasteiger partial charge on any atom is 0.221 e. The minimum Gasteiger partial charge on any atom is -0.382 e. The van der Waals surface area contributed by atoms with Crippen LogP contribution in [-0.4, -0.2) is 9.97 Å². The highest BCUT2D eigenvalue weighted by atomic mass is 15.0. The van der Waals surface area contributed by atoms with Crippen molar-refractivity contribution in [1.82, 2.24) is 9.97 Å². The summed E-state index contributed by atoms with van der Waals surface area (Å²) in [7, 11) is 0. The third kappa shape index (κ3) is 2.10. The van der Waals surface area contributed by atoms with E-state index < -0.39 is 0 Å². The third-order valence-electron chi connectivity index (χ3n) is 2.10. The topological polar surface area (TPSA) is 77.8 Å². The van der Waals surface area contributed by atoms with Crippen molar-refractivity contribution in [1.29, 1.82) is 0 Å². The van der Waals surface area contributed by atoms with Gasteiger partial charge in [0.2, 0.25) is 5.95 Å². The van der Waals surface area contributed by atoms with Gasteiger partial charge in [0.05, 0.1) is 11.8 Å². The molecule has 3 rings (SSSR count). The largest absolute Gasteiger partial charge is 0.382 e. The molecule has 2 aliphatic rings. The van der Waals surface area contributed by atoms with Crippen molar-refractivity contribution < 1.29 is 0 Å². The van der Waals surface area contributed by atoms with Gasteiger partial charge in [-0.15, -0.1) is 6.42 Å². The molecular weight excluding hydrogens is 200 g/mol. The Morgan fingerprint density at radius 3 is 2.25 bits per heavy atom. The lowest BCUT2D eigenvalue weighted by Gasteiger charge is -1.95. The number of rotatable bonds is 0. The van der Waals surface area contributed by atoms with Crippen LogP contribution >= 0.6 is 0 Å². The molecule has 0 aromatic carbocycles. The van der Waals surface area contributed by atoms with Crippen LogP contribution in [0.5, 0.6) is 0 Å². The molecule has 0 saturated carbocycles. The van der Waals surface area contributed by atoms with E-state index in [-0.39, 0.29) is 11.8 Å². The summed E-state index contributed by atoms with van der Waals surface area (Å²) in [6.07, 6.45) is 6.46. The molecule has 4 nitrogen and oxygen atoms in total. The van der Waals surface area contributed by atoms with E-state index >= 15 is 0 Å². The van der Waals surface area contributed by atoms with E-state index in [1.165, 1.54) is 17.3 Å². The zero-order valence-electron chi connectivity index (χ0n) is 8.51. The Morgan fingerprint density at radius 2 is 1.88 bits per heavy atom. The highest BCUT2D eigenvalue weighted by Crippen LogP contribution is 2.32. The zero-order valence-corrected chi connectivity index (χ0v) is 8.51. The van der Waals surface area contributed by atoms with Crippen LogP contribution in [0, 0.1) is 12.3 Å².